The van der Waals surface area contributed by atoms with Crippen LogP contribution >= 0.6 is 23.1 Å². The molecule has 156 valence electrons. The first-order valence-electron chi connectivity index (χ1n) is 9.14. The molecule has 0 aliphatic carbocycles. The smallest absolute Gasteiger partial charge is 0.270 e. The van der Waals surface area contributed by atoms with Gasteiger partial charge in [-0.1, -0.05) is 42.1 Å². The summed E-state index contributed by atoms with van der Waals surface area (Å²) in [7, 11) is 0. The minimum Gasteiger partial charge on any atom is -0.301 e. The zero-order chi connectivity index (χ0) is 21.8. The molecule has 4 aromatic rings. The van der Waals surface area contributed by atoms with Crippen LogP contribution in [-0.2, 0) is 4.79 Å². The van der Waals surface area contributed by atoms with Gasteiger partial charge in [-0.15, -0.1) is 21.5 Å². The van der Waals surface area contributed by atoms with Gasteiger partial charge in [0.2, 0.25) is 5.91 Å². The van der Waals surface area contributed by atoms with Gasteiger partial charge in [0.25, 0.3) is 5.69 Å². The Morgan fingerprint density at radius 3 is 2.81 bits per heavy atom. The number of nitrogens with one attached hydrogen (secondary N) is 1. The number of aromatic nitrogens is 4. The van der Waals surface area contributed by atoms with Crippen molar-refractivity contribution >= 4 is 39.8 Å². The Bertz CT molecular complexity index is 1220. The number of hydrogen-bond donors (Lipinski definition) is 1. The summed E-state index contributed by atoms with van der Waals surface area (Å²) in [5.74, 6) is -0.229. The first-order chi connectivity index (χ1) is 15.0. The summed E-state index contributed by atoms with van der Waals surface area (Å²) >= 11 is 2.54. The molecule has 0 fully saturated rings. The Morgan fingerprint density at radius 1 is 1.23 bits per heavy atom. The Hall–Kier alpha value is -3.57. The number of nitro groups is 1. The maximum Gasteiger partial charge on any atom is 0.270 e. The molecule has 1 N–H and O–H groups in total. The van der Waals surface area contributed by atoms with Crippen molar-refractivity contribution in [2.24, 2.45) is 0 Å². The Morgan fingerprint density at radius 2 is 2.03 bits per heavy atom. The number of nitro benzene ring substituents is 1. The molecule has 2 aromatic heterocycles. The highest BCUT2D eigenvalue weighted by Crippen LogP contribution is 2.29. The summed E-state index contributed by atoms with van der Waals surface area (Å²) in [6.45, 7) is 1.78. The van der Waals surface area contributed by atoms with Gasteiger partial charge in [0.1, 0.15) is 6.33 Å². The third-order valence-corrected chi connectivity index (χ3v) is 6.10. The number of nitrogens with zero attached hydrogens (tertiary/aromatic N) is 5. The first kappa shape index (κ1) is 20.7. The van der Waals surface area contributed by atoms with E-state index in [1.165, 1.54) is 35.2 Å². The Balaban J connectivity index is 1.43. The van der Waals surface area contributed by atoms with Gasteiger partial charge >= 0.3 is 0 Å². The second-order valence-corrected chi connectivity index (χ2v) is 8.58. The molecule has 4 rings (SSSR count). The van der Waals surface area contributed by atoms with Gasteiger partial charge in [-0.05, 0) is 19.1 Å². The molecule has 0 spiro atoms. The minimum absolute atomic E-state index is 0.0105. The first-order valence-corrected chi connectivity index (χ1v) is 10.9. The fourth-order valence-corrected chi connectivity index (χ4v) is 4.30. The zero-order valence-electron chi connectivity index (χ0n) is 16.2. The standard InChI is InChI=1S/C20H16N6O3S2/c1-13(31-20-24-21-12-25(20)15-7-3-2-4-8-15)18(27)23-19-22-17(11-30-19)14-6-5-9-16(10-14)26(28)29/h2-13H,1H3,(H,22,23,27). The summed E-state index contributed by atoms with van der Waals surface area (Å²) < 4.78 is 1.82. The van der Waals surface area contributed by atoms with Crippen LogP contribution in [-0.4, -0.2) is 35.8 Å². The summed E-state index contributed by atoms with van der Waals surface area (Å²) in [5.41, 5.74) is 2.07. The molecule has 0 saturated carbocycles. The molecular weight excluding hydrogens is 436 g/mol. The lowest BCUT2D eigenvalue weighted by molar-refractivity contribution is -0.384. The molecule has 0 radical (unpaired) electrons. The van der Waals surface area contributed by atoms with E-state index in [2.05, 4.69) is 20.5 Å². The summed E-state index contributed by atoms with van der Waals surface area (Å²) in [6.07, 6.45) is 1.61. The highest BCUT2D eigenvalue weighted by molar-refractivity contribution is 8.00. The van der Waals surface area contributed by atoms with Crippen LogP contribution in [0.1, 0.15) is 6.92 Å². The summed E-state index contributed by atoms with van der Waals surface area (Å²) in [5, 5.41) is 24.2. The SMILES string of the molecule is CC(Sc1nncn1-c1ccccc1)C(=O)Nc1nc(-c2cccc([N+](=O)[O-])c2)cs1. The van der Waals surface area contributed by atoms with Crippen molar-refractivity contribution < 1.29 is 9.72 Å². The van der Waals surface area contributed by atoms with E-state index in [4.69, 9.17) is 0 Å². The molecule has 31 heavy (non-hydrogen) atoms. The summed E-state index contributed by atoms with van der Waals surface area (Å²) in [4.78, 5) is 27.6. The zero-order valence-corrected chi connectivity index (χ0v) is 17.8. The van der Waals surface area contributed by atoms with Crippen LogP contribution in [0.2, 0.25) is 0 Å². The van der Waals surface area contributed by atoms with Crippen LogP contribution in [0.3, 0.4) is 0 Å². The highest BCUT2D eigenvalue weighted by atomic mass is 32.2. The number of thiazole rings is 1. The average Bonchev–Trinajstić information content (AvgIpc) is 3.44. The number of amides is 1. The number of para-hydroxylation sites is 1. The molecule has 2 aromatic carbocycles. The van der Waals surface area contributed by atoms with E-state index in [1.54, 1.807) is 30.8 Å². The van der Waals surface area contributed by atoms with Crippen LogP contribution in [0.5, 0.6) is 0 Å². The second kappa shape index (κ2) is 9.06. The van der Waals surface area contributed by atoms with Gasteiger partial charge in [0.05, 0.1) is 15.9 Å². The fraction of sp³-hybridized carbons (Fsp3) is 0.100. The van der Waals surface area contributed by atoms with Gasteiger partial charge in [-0.25, -0.2) is 4.98 Å². The predicted octanol–water partition coefficient (Wildman–Crippen LogP) is 4.42. The molecule has 11 heteroatoms. The van der Waals surface area contributed by atoms with Crippen molar-refractivity contribution in [3.63, 3.8) is 0 Å². The molecule has 1 unspecified atom stereocenters. The van der Waals surface area contributed by atoms with E-state index < -0.39 is 10.2 Å². The third-order valence-electron chi connectivity index (χ3n) is 4.29. The van der Waals surface area contributed by atoms with Gasteiger partial charge < -0.3 is 5.32 Å². The normalized spacial score (nSPS) is 11.8. The molecule has 0 aliphatic rings. The van der Waals surface area contributed by atoms with Crippen molar-refractivity contribution in [1.82, 2.24) is 19.7 Å². The van der Waals surface area contributed by atoms with Gasteiger partial charge in [-0.3, -0.25) is 19.5 Å². The van der Waals surface area contributed by atoms with E-state index in [1.807, 2.05) is 34.9 Å². The average molecular weight is 453 g/mol. The molecule has 2 heterocycles. The Labute approximate surface area is 185 Å². The number of rotatable bonds is 7. The molecular formula is C20H16N6O3S2. The van der Waals surface area contributed by atoms with Crippen LogP contribution in [0.15, 0.2) is 71.5 Å². The topological polar surface area (TPSA) is 116 Å². The lowest BCUT2D eigenvalue weighted by Gasteiger charge is -2.11. The highest BCUT2D eigenvalue weighted by Gasteiger charge is 2.20. The van der Waals surface area contributed by atoms with E-state index in [0.29, 0.717) is 21.5 Å². The van der Waals surface area contributed by atoms with E-state index in [9.17, 15) is 14.9 Å². The molecule has 1 amide bonds. The van der Waals surface area contributed by atoms with Crippen LogP contribution in [0.25, 0.3) is 16.9 Å². The van der Waals surface area contributed by atoms with Crippen molar-refractivity contribution in [3.8, 4) is 16.9 Å². The Kier molecular flexibility index (Phi) is 6.05. The lowest BCUT2D eigenvalue weighted by Crippen LogP contribution is -2.22. The van der Waals surface area contributed by atoms with Gasteiger partial charge in [0.15, 0.2) is 10.3 Å². The van der Waals surface area contributed by atoms with Crippen molar-refractivity contribution in [1.29, 1.82) is 0 Å². The molecule has 0 bridgehead atoms. The number of thioether (sulfide) groups is 1. The van der Waals surface area contributed by atoms with Crippen molar-refractivity contribution in [2.45, 2.75) is 17.3 Å². The monoisotopic (exact) mass is 452 g/mol. The minimum atomic E-state index is -0.453. The fourth-order valence-electron chi connectivity index (χ4n) is 2.73. The number of anilines is 1. The number of carbonyl (C=O) groups excluding carboxylic acids is 1. The molecule has 1 atom stereocenters. The number of carbonyl (C=O) groups is 1. The van der Waals surface area contributed by atoms with Crippen LogP contribution in [0, 0.1) is 10.1 Å². The van der Waals surface area contributed by atoms with E-state index in [0.717, 1.165) is 5.69 Å². The third kappa shape index (κ3) is 4.78. The largest absolute Gasteiger partial charge is 0.301 e. The predicted molar refractivity (Wildman–Crippen MR) is 120 cm³/mol. The van der Waals surface area contributed by atoms with Gasteiger partial charge in [0, 0.05) is 28.8 Å². The van der Waals surface area contributed by atoms with Crippen molar-refractivity contribution in [2.75, 3.05) is 5.32 Å². The number of non-ortho nitro benzene ring substituents is 1. The van der Waals surface area contributed by atoms with Gasteiger partial charge in [-0.2, -0.15) is 0 Å². The second-order valence-electron chi connectivity index (χ2n) is 6.41. The van der Waals surface area contributed by atoms with Crippen molar-refractivity contribution in [3.05, 3.63) is 76.4 Å². The molecule has 0 aliphatic heterocycles. The maximum atomic E-state index is 12.7. The van der Waals surface area contributed by atoms with Crippen LogP contribution < -0.4 is 5.32 Å². The van der Waals surface area contributed by atoms with Crippen LogP contribution in [0.4, 0.5) is 10.8 Å². The maximum absolute atomic E-state index is 12.7. The number of benzene rings is 2. The number of hydrogen-bond acceptors (Lipinski definition) is 8. The quantitative estimate of drug-likeness (QED) is 0.251. The van der Waals surface area contributed by atoms with E-state index >= 15 is 0 Å². The molecule has 0 saturated heterocycles. The lowest BCUT2D eigenvalue weighted by atomic mass is 10.1. The summed E-state index contributed by atoms with van der Waals surface area (Å²) in [6, 6.07) is 15.8. The molecule has 9 nitrogen and oxygen atoms in total. The van der Waals surface area contributed by atoms with E-state index in [-0.39, 0.29) is 11.6 Å².